The van der Waals surface area contributed by atoms with E-state index in [0.717, 1.165) is 33.7 Å². The summed E-state index contributed by atoms with van der Waals surface area (Å²) in [7, 11) is 1.66. The molecule has 0 bridgehead atoms. The summed E-state index contributed by atoms with van der Waals surface area (Å²) in [5, 5.41) is 4.97. The minimum absolute atomic E-state index is 0.0289. The van der Waals surface area contributed by atoms with E-state index in [0.29, 0.717) is 6.54 Å². The zero-order chi connectivity index (χ0) is 16.8. The van der Waals surface area contributed by atoms with Crippen LogP contribution >= 0.6 is 11.3 Å². The van der Waals surface area contributed by atoms with E-state index in [4.69, 9.17) is 4.74 Å². The Hall–Kier alpha value is -2.59. The maximum Gasteiger partial charge on any atom is 0.261 e. The van der Waals surface area contributed by atoms with Gasteiger partial charge in [0.2, 0.25) is 0 Å². The molecule has 3 aromatic rings. The lowest BCUT2D eigenvalue weighted by Crippen LogP contribution is -2.25. The summed E-state index contributed by atoms with van der Waals surface area (Å²) in [5.74, 6) is 0.826. The first-order valence-electron chi connectivity index (χ1n) is 7.82. The van der Waals surface area contributed by atoms with Gasteiger partial charge in [0.15, 0.2) is 0 Å². The number of methoxy groups -OCH3 is 1. The smallest absolute Gasteiger partial charge is 0.261 e. The van der Waals surface area contributed by atoms with E-state index in [1.807, 2.05) is 66.0 Å². The third kappa shape index (κ3) is 3.66. The molecule has 0 aliphatic rings. The fourth-order valence-electron chi connectivity index (χ4n) is 2.63. The highest BCUT2D eigenvalue weighted by atomic mass is 32.1. The molecule has 1 N–H and O–H groups in total. The largest absolute Gasteiger partial charge is 0.496 e. The lowest BCUT2D eigenvalue weighted by atomic mass is 10.1. The molecule has 3 nitrogen and oxygen atoms in total. The van der Waals surface area contributed by atoms with E-state index >= 15 is 0 Å². The molecule has 3 rings (SSSR count). The van der Waals surface area contributed by atoms with Crippen LogP contribution in [0.25, 0.3) is 11.1 Å². The molecule has 0 unspecified atom stereocenters. The van der Waals surface area contributed by atoms with Gasteiger partial charge in [0.05, 0.1) is 12.0 Å². The van der Waals surface area contributed by atoms with Crippen LogP contribution in [-0.2, 0) is 6.42 Å². The Bertz CT molecular complexity index is 811. The highest BCUT2D eigenvalue weighted by Crippen LogP contribution is 2.28. The number of para-hydroxylation sites is 1. The molecular formula is C20H19NO2S. The number of amides is 1. The van der Waals surface area contributed by atoms with Crippen molar-refractivity contribution in [3.63, 3.8) is 0 Å². The van der Waals surface area contributed by atoms with Gasteiger partial charge in [-0.15, -0.1) is 11.3 Å². The van der Waals surface area contributed by atoms with Crippen LogP contribution in [0.2, 0.25) is 0 Å². The van der Waals surface area contributed by atoms with E-state index in [-0.39, 0.29) is 5.91 Å². The predicted octanol–water partition coefficient (Wildman–Crippen LogP) is 4.40. The number of carbonyl (C=O) groups is 1. The second kappa shape index (κ2) is 7.79. The van der Waals surface area contributed by atoms with E-state index < -0.39 is 0 Å². The number of hydrogen-bond acceptors (Lipinski definition) is 3. The first-order chi connectivity index (χ1) is 11.8. The molecular weight excluding hydrogens is 318 g/mol. The predicted molar refractivity (Wildman–Crippen MR) is 98.8 cm³/mol. The molecule has 0 radical (unpaired) electrons. The Labute approximate surface area is 145 Å². The lowest BCUT2D eigenvalue weighted by Gasteiger charge is -2.09. The number of rotatable bonds is 6. The summed E-state index contributed by atoms with van der Waals surface area (Å²) in [5.41, 5.74) is 3.14. The number of ether oxygens (including phenoxy) is 1. The van der Waals surface area contributed by atoms with Crippen molar-refractivity contribution in [1.82, 2.24) is 5.32 Å². The molecule has 0 aliphatic heterocycles. The summed E-state index contributed by atoms with van der Waals surface area (Å²) in [4.78, 5) is 13.3. The number of thiophene rings is 1. The Balaban J connectivity index is 1.65. The molecule has 24 heavy (non-hydrogen) atoms. The van der Waals surface area contributed by atoms with Crippen molar-refractivity contribution in [2.45, 2.75) is 6.42 Å². The van der Waals surface area contributed by atoms with Gasteiger partial charge in [0.1, 0.15) is 5.75 Å². The summed E-state index contributed by atoms with van der Waals surface area (Å²) in [6, 6.07) is 19.9. The molecule has 0 saturated carbocycles. The molecule has 0 fully saturated rings. The number of benzene rings is 2. The second-order valence-electron chi connectivity index (χ2n) is 5.35. The minimum Gasteiger partial charge on any atom is -0.496 e. The van der Waals surface area contributed by atoms with Gasteiger partial charge in [0, 0.05) is 12.1 Å². The fourth-order valence-corrected chi connectivity index (χ4v) is 3.46. The van der Waals surface area contributed by atoms with Crippen LogP contribution in [0.3, 0.4) is 0 Å². The summed E-state index contributed by atoms with van der Waals surface area (Å²) >= 11 is 1.47. The van der Waals surface area contributed by atoms with Crippen molar-refractivity contribution in [1.29, 1.82) is 0 Å². The van der Waals surface area contributed by atoms with Crippen LogP contribution < -0.4 is 10.1 Å². The van der Waals surface area contributed by atoms with Gasteiger partial charge in [-0.1, -0.05) is 48.5 Å². The van der Waals surface area contributed by atoms with Crippen molar-refractivity contribution in [3.8, 4) is 16.9 Å². The van der Waals surface area contributed by atoms with Crippen molar-refractivity contribution >= 4 is 17.2 Å². The summed E-state index contributed by atoms with van der Waals surface area (Å²) in [6.45, 7) is 0.575. The van der Waals surface area contributed by atoms with Crippen LogP contribution in [0.15, 0.2) is 66.0 Å². The van der Waals surface area contributed by atoms with Gasteiger partial charge < -0.3 is 10.1 Å². The first-order valence-corrected chi connectivity index (χ1v) is 8.70. The zero-order valence-corrected chi connectivity index (χ0v) is 14.3. The Morgan fingerprint density at radius 1 is 1.04 bits per heavy atom. The molecule has 2 aromatic carbocycles. The van der Waals surface area contributed by atoms with E-state index in [1.54, 1.807) is 7.11 Å². The van der Waals surface area contributed by atoms with E-state index in [2.05, 4.69) is 5.32 Å². The van der Waals surface area contributed by atoms with Crippen molar-refractivity contribution in [2.24, 2.45) is 0 Å². The first kappa shape index (κ1) is 16.3. The Kier molecular flexibility index (Phi) is 5.29. The van der Waals surface area contributed by atoms with Crippen LogP contribution in [0.5, 0.6) is 5.75 Å². The van der Waals surface area contributed by atoms with Crippen LogP contribution in [0, 0.1) is 0 Å². The highest BCUT2D eigenvalue weighted by molar-refractivity contribution is 7.12. The molecule has 1 heterocycles. The molecule has 1 amide bonds. The Morgan fingerprint density at radius 3 is 2.58 bits per heavy atom. The average molecular weight is 337 g/mol. The monoisotopic (exact) mass is 337 g/mol. The van der Waals surface area contributed by atoms with Crippen LogP contribution in [-0.4, -0.2) is 19.6 Å². The van der Waals surface area contributed by atoms with E-state index in [9.17, 15) is 4.79 Å². The van der Waals surface area contributed by atoms with Crippen molar-refractivity contribution < 1.29 is 9.53 Å². The standard InChI is InChI=1S/C20H19NO2S/c1-23-18-10-6-5-9-16(18)11-13-21-20(22)19-17(12-14-24-19)15-7-3-2-4-8-15/h2-10,12,14H,11,13H2,1H3,(H,21,22). The normalized spacial score (nSPS) is 10.4. The highest BCUT2D eigenvalue weighted by Gasteiger charge is 2.14. The molecule has 0 aliphatic carbocycles. The van der Waals surface area contributed by atoms with Crippen molar-refractivity contribution in [3.05, 3.63) is 76.5 Å². The van der Waals surface area contributed by atoms with Crippen molar-refractivity contribution in [2.75, 3.05) is 13.7 Å². The lowest BCUT2D eigenvalue weighted by molar-refractivity contribution is 0.0958. The average Bonchev–Trinajstić information content (AvgIpc) is 3.12. The molecule has 0 spiro atoms. The van der Waals surface area contributed by atoms with Gasteiger partial charge in [-0.05, 0) is 35.1 Å². The van der Waals surface area contributed by atoms with Gasteiger partial charge >= 0.3 is 0 Å². The van der Waals surface area contributed by atoms with Crippen LogP contribution in [0.4, 0.5) is 0 Å². The third-order valence-electron chi connectivity index (χ3n) is 3.83. The van der Waals surface area contributed by atoms with Gasteiger partial charge in [-0.25, -0.2) is 0 Å². The molecule has 4 heteroatoms. The van der Waals surface area contributed by atoms with Gasteiger partial charge in [0.25, 0.3) is 5.91 Å². The summed E-state index contributed by atoms with van der Waals surface area (Å²) in [6.07, 6.45) is 0.738. The number of hydrogen-bond donors (Lipinski definition) is 1. The topological polar surface area (TPSA) is 38.3 Å². The quantitative estimate of drug-likeness (QED) is 0.724. The molecule has 0 saturated heterocycles. The van der Waals surface area contributed by atoms with Crippen LogP contribution in [0.1, 0.15) is 15.2 Å². The second-order valence-corrected chi connectivity index (χ2v) is 6.26. The zero-order valence-electron chi connectivity index (χ0n) is 13.5. The maximum absolute atomic E-state index is 12.5. The Morgan fingerprint density at radius 2 is 1.79 bits per heavy atom. The fraction of sp³-hybridized carbons (Fsp3) is 0.150. The van der Waals surface area contributed by atoms with Gasteiger partial charge in [-0.3, -0.25) is 4.79 Å². The minimum atomic E-state index is -0.0289. The summed E-state index contributed by atoms with van der Waals surface area (Å²) < 4.78 is 5.34. The SMILES string of the molecule is COc1ccccc1CCNC(=O)c1sccc1-c1ccccc1. The maximum atomic E-state index is 12.5. The van der Waals surface area contributed by atoms with Gasteiger partial charge in [-0.2, -0.15) is 0 Å². The third-order valence-corrected chi connectivity index (χ3v) is 4.74. The molecule has 1 aromatic heterocycles. The number of carbonyl (C=O) groups excluding carboxylic acids is 1. The number of nitrogens with one attached hydrogen (secondary N) is 1. The molecule has 0 atom stereocenters. The molecule has 122 valence electrons. The van der Waals surface area contributed by atoms with E-state index in [1.165, 1.54) is 11.3 Å².